The zero-order valence-electron chi connectivity index (χ0n) is 11.0. The molecule has 1 unspecified atom stereocenters. The predicted octanol–water partition coefficient (Wildman–Crippen LogP) is 1.79. The van der Waals surface area contributed by atoms with Gasteiger partial charge in [0.05, 0.1) is 5.69 Å². The molecule has 0 bridgehead atoms. The van der Waals surface area contributed by atoms with E-state index < -0.39 is 4.75 Å². The molecule has 1 aliphatic carbocycles. The Bertz CT molecular complexity index is 556. The molecule has 1 aliphatic heterocycles. The predicted molar refractivity (Wildman–Crippen MR) is 75.3 cm³/mol. The normalized spacial score (nSPS) is 26.0. The van der Waals surface area contributed by atoms with Crippen molar-refractivity contribution >= 4 is 29.3 Å². The molecule has 1 aromatic rings. The van der Waals surface area contributed by atoms with E-state index in [1.165, 1.54) is 11.8 Å². The number of carbonyl (C=O) groups is 2. The number of para-hydroxylation sites is 1. The summed E-state index contributed by atoms with van der Waals surface area (Å²) in [6.45, 7) is 1.71. The first-order chi connectivity index (χ1) is 9.02. The highest BCUT2D eigenvalue weighted by Crippen LogP contribution is 2.45. The average molecular weight is 276 g/mol. The Balaban J connectivity index is 1.94. The molecule has 1 saturated carbocycles. The van der Waals surface area contributed by atoms with E-state index in [1.54, 1.807) is 18.9 Å². The molecule has 0 radical (unpaired) electrons. The van der Waals surface area contributed by atoms with Gasteiger partial charge >= 0.3 is 0 Å². The van der Waals surface area contributed by atoms with Crippen molar-refractivity contribution in [3.63, 3.8) is 0 Å². The lowest BCUT2D eigenvalue weighted by Crippen LogP contribution is -2.55. The van der Waals surface area contributed by atoms with Crippen LogP contribution in [-0.2, 0) is 9.59 Å². The van der Waals surface area contributed by atoms with Crippen LogP contribution >= 0.6 is 11.8 Å². The lowest BCUT2D eigenvalue weighted by molar-refractivity contribution is -0.131. The highest BCUT2D eigenvalue weighted by Gasteiger charge is 2.49. The summed E-state index contributed by atoms with van der Waals surface area (Å²) in [6, 6.07) is 7.94. The lowest BCUT2D eigenvalue weighted by Gasteiger charge is -2.36. The summed E-state index contributed by atoms with van der Waals surface area (Å²) in [6.07, 6.45) is 2.04. The Kier molecular flexibility index (Phi) is 2.82. The van der Waals surface area contributed by atoms with Crippen LogP contribution in [0.1, 0.15) is 19.8 Å². The molecule has 4 nitrogen and oxygen atoms in total. The Morgan fingerprint density at radius 1 is 1.42 bits per heavy atom. The van der Waals surface area contributed by atoms with Crippen molar-refractivity contribution < 1.29 is 9.59 Å². The molecule has 1 heterocycles. The van der Waals surface area contributed by atoms with E-state index in [2.05, 4.69) is 5.32 Å². The third-order valence-electron chi connectivity index (χ3n) is 3.60. The summed E-state index contributed by atoms with van der Waals surface area (Å²) in [4.78, 5) is 27.4. The van der Waals surface area contributed by atoms with Gasteiger partial charge in [-0.05, 0) is 31.9 Å². The van der Waals surface area contributed by atoms with Gasteiger partial charge < -0.3 is 10.2 Å². The number of rotatable bonds is 2. The zero-order valence-corrected chi connectivity index (χ0v) is 11.8. The summed E-state index contributed by atoms with van der Waals surface area (Å²) in [5.74, 6) is -0.333. The van der Waals surface area contributed by atoms with Crippen molar-refractivity contribution in [2.75, 3.05) is 11.9 Å². The van der Waals surface area contributed by atoms with Crippen molar-refractivity contribution in [1.29, 1.82) is 0 Å². The number of amides is 2. The summed E-state index contributed by atoms with van der Waals surface area (Å²) >= 11 is 1.35. The minimum absolute atomic E-state index is 0.158. The number of hydrogen-bond donors (Lipinski definition) is 1. The largest absolute Gasteiger partial charge is 0.352 e. The zero-order chi connectivity index (χ0) is 13.6. The number of nitrogens with zero attached hydrogens (tertiary/aromatic N) is 1. The van der Waals surface area contributed by atoms with Gasteiger partial charge in [0.25, 0.3) is 5.91 Å². The minimum atomic E-state index is -1.06. The first-order valence-corrected chi connectivity index (χ1v) is 7.21. The summed E-state index contributed by atoms with van der Waals surface area (Å²) < 4.78 is -1.06. The van der Waals surface area contributed by atoms with Gasteiger partial charge in [-0.3, -0.25) is 9.59 Å². The Morgan fingerprint density at radius 2 is 2.11 bits per heavy atom. The molecule has 5 heteroatoms. The van der Waals surface area contributed by atoms with Gasteiger partial charge in [-0.25, -0.2) is 0 Å². The van der Waals surface area contributed by atoms with Crippen molar-refractivity contribution in [1.82, 2.24) is 5.32 Å². The summed E-state index contributed by atoms with van der Waals surface area (Å²) in [5, 5.41) is 2.94. The third-order valence-corrected chi connectivity index (χ3v) is 4.93. The van der Waals surface area contributed by atoms with Gasteiger partial charge in [0.15, 0.2) is 4.75 Å². The average Bonchev–Trinajstić information content (AvgIpc) is 3.20. The van der Waals surface area contributed by atoms with E-state index in [0.29, 0.717) is 0 Å². The fraction of sp³-hybridized carbons (Fsp3) is 0.429. The molecule has 19 heavy (non-hydrogen) atoms. The van der Waals surface area contributed by atoms with E-state index in [9.17, 15) is 9.59 Å². The molecule has 2 aliphatic rings. The maximum absolute atomic E-state index is 12.5. The van der Waals surface area contributed by atoms with Crippen molar-refractivity contribution in [2.24, 2.45) is 0 Å². The van der Waals surface area contributed by atoms with E-state index in [-0.39, 0.29) is 17.9 Å². The monoisotopic (exact) mass is 276 g/mol. The maximum atomic E-state index is 12.5. The van der Waals surface area contributed by atoms with E-state index in [0.717, 1.165) is 23.4 Å². The van der Waals surface area contributed by atoms with Crippen LogP contribution in [-0.4, -0.2) is 29.7 Å². The molecule has 2 amide bonds. The fourth-order valence-electron chi connectivity index (χ4n) is 2.21. The standard InChI is InChI=1S/C14H16N2O2S/c1-14(12(17)15-9-7-8-9)13(18)16(2)10-5-3-4-6-11(10)19-14/h3-6,9H,7-8H2,1-2H3,(H,15,17). The number of benzene rings is 1. The molecule has 100 valence electrons. The van der Waals surface area contributed by atoms with Gasteiger partial charge in [0.2, 0.25) is 5.91 Å². The third kappa shape index (κ3) is 2.02. The van der Waals surface area contributed by atoms with Crippen LogP contribution in [0.2, 0.25) is 0 Å². The molecule has 1 aromatic carbocycles. The van der Waals surface area contributed by atoms with Gasteiger partial charge in [0.1, 0.15) is 0 Å². The SMILES string of the molecule is CN1C(=O)C(C)(C(=O)NC2CC2)Sc2ccccc21. The molecular formula is C14H16N2O2S. The molecule has 1 fully saturated rings. The van der Waals surface area contributed by atoms with Gasteiger partial charge in [0, 0.05) is 18.0 Å². The van der Waals surface area contributed by atoms with Crippen LogP contribution < -0.4 is 10.2 Å². The summed E-state index contributed by atoms with van der Waals surface area (Å²) in [7, 11) is 1.73. The molecule has 1 atom stereocenters. The van der Waals surface area contributed by atoms with E-state index >= 15 is 0 Å². The first kappa shape index (κ1) is 12.5. The molecule has 0 saturated heterocycles. The summed E-state index contributed by atoms with van der Waals surface area (Å²) in [5.41, 5.74) is 0.870. The first-order valence-electron chi connectivity index (χ1n) is 6.39. The second kappa shape index (κ2) is 4.27. The lowest BCUT2D eigenvalue weighted by atomic mass is 10.1. The molecule has 1 N–H and O–H groups in total. The van der Waals surface area contributed by atoms with Gasteiger partial charge in [-0.1, -0.05) is 23.9 Å². The van der Waals surface area contributed by atoms with Crippen molar-refractivity contribution in [2.45, 2.75) is 35.4 Å². The van der Waals surface area contributed by atoms with Gasteiger partial charge in [-0.2, -0.15) is 0 Å². The highest BCUT2D eigenvalue weighted by atomic mass is 32.2. The second-order valence-corrected chi connectivity index (χ2v) is 6.68. The van der Waals surface area contributed by atoms with Crippen LogP contribution in [0.4, 0.5) is 5.69 Å². The molecular weight excluding hydrogens is 260 g/mol. The van der Waals surface area contributed by atoms with Crippen LogP contribution in [0.5, 0.6) is 0 Å². The number of fused-ring (bicyclic) bond motifs is 1. The number of nitrogens with one attached hydrogen (secondary N) is 1. The quantitative estimate of drug-likeness (QED) is 0.838. The highest BCUT2D eigenvalue weighted by molar-refractivity contribution is 8.02. The van der Waals surface area contributed by atoms with Crippen LogP contribution in [0.25, 0.3) is 0 Å². The number of thioether (sulfide) groups is 1. The Hall–Kier alpha value is -1.49. The van der Waals surface area contributed by atoms with Crippen LogP contribution in [0.15, 0.2) is 29.2 Å². The molecule has 0 aromatic heterocycles. The van der Waals surface area contributed by atoms with E-state index in [4.69, 9.17) is 0 Å². The number of hydrogen-bond acceptors (Lipinski definition) is 3. The second-order valence-electron chi connectivity index (χ2n) is 5.21. The topological polar surface area (TPSA) is 49.4 Å². The number of anilines is 1. The van der Waals surface area contributed by atoms with Crippen molar-refractivity contribution in [3.05, 3.63) is 24.3 Å². The number of carbonyl (C=O) groups excluding carboxylic acids is 2. The fourth-order valence-corrected chi connectivity index (χ4v) is 3.48. The van der Waals surface area contributed by atoms with Gasteiger partial charge in [-0.15, -0.1) is 0 Å². The minimum Gasteiger partial charge on any atom is -0.352 e. The Labute approximate surface area is 116 Å². The maximum Gasteiger partial charge on any atom is 0.252 e. The van der Waals surface area contributed by atoms with Crippen LogP contribution in [0.3, 0.4) is 0 Å². The molecule has 3 rings (SSSR count). The van der Waals surface area contributed by atoms with E-state index in [1.807, 2.05) is 24.3 Å². The van der Waals surface area contributed by atoms with Crippen LogP contribution in [0, 0.1) is 0 Å². The Morgan fingerprint density at radius 3 is 2.79 bits per heavy atom. The van der Waals surface area contributed by atoms with Crippen molar-refractivity contribution in [3.8, 4) is 0 Å². The smallest absolute Gasteiger partial charge is 0.252 e. The molecule has 0 spiro atoms.